The monoisotopic (exact) mass is 615 g/mol. The Morgan fingerprint density at radius 3 is 2.37 bits per heavy atom. The molecule has 3 aromatic rings. The minimum atomic E-state index is -4.44. The summed E-state index contributed by atoms with van der Waals surface area (Å²) in [6, 6.07) is 5.94. The van der Waals surface area contributed by atoms with Gasteiger partial charge in [-0.1, -0.05) is 24.5 Å². The van der Waals surface area contributed by atoms with E-state index in [1.165, 1.54) is 37.8 Å². The summed E-state index contributed by atoms with van der Waals surface area (Å²) in [5.41, 5.74) is 3.49. The Hall–Kier alpha value is -3.01. The van der Waals surface area contributed by atoms with E-state index in [1.54, 1.807) is 31.1 Å². The normalized spacial score (nSPS) is 14.6. The van der Waals surface area contributed by atoms with Gasteiger partial charge in [0, 0.05) is 30.1 Å². The van der Waals surface area contributed by atoms with Crippen molar-refractivity contribution >= 4 is 23.5 Å². The molecule has 2 heterocycles. The molecule has 0 spiro atoms. The van der Waals surface area contributed by atoms with Crippen LogP contribution in [0.2, 0.25) is 0 Å². The number of ether oxygens (including phenoxy) is 1. The largest absolute Gasteiger partial charge is 0.489 e. The Bertz CT molecular complexity index is 1350. The molecule has 2 aromatic heterocycles. The van der Waals surface area contributed by atoms with Crippen molar-refractivity contribution in [1.29, 1.82) is 0 Å². The molecule has 0 radical (unpaired) electrons. The van der Waals surface area contributed by atoms with Crippen molar-refractivity contribution in [3.8, 4) is 5.75 Å². The maximum atomic E-state index is 13.8. The topological polar surface area (TPSA) is 54.4 Å². The van der Waals surface area contributed by atoms with Crippen LogP contribution in [0.25, 0.3) is 0 Å². The van der Waals surface area contributed by atoms with Crippen LogP contribution in [-0.2, 0) is 12.7 Å². The Balaban J connectivity index is 1.75. The summed E-state index contributed by atoms with van der Waals surface area (Å²) in [5, 5.41) is 0. The van der Waals surface area contributed by atoms with Crippen LogP contribution in [0.4, 0.5) is 24.9 Å². The van der Waals surface area contributed by atoms with E-state index in [0.717, 1.165) is 41.5 Å². The van der Waals surface area contributed by atoms with Crippen LogP contribution >= 0.6 is 11.8 Å². The van der Waals surface area contributed by atoms with Crippen molar-refractivity contribution in [2.45, 2.75) is 79.1 Å². The fraction of sp³-hybridized carbons (Fsp3) is 0.545. The number of aromatic nitrogens is 3. The van der Waals surface area contributed by atoms with E-state index in [-0.39, 0.29) is 0 Å². The third kappa shape index (κ3) is 8.55. The number of thioether (sulfide) groups is 1. The summed E-state index contributed by atoms with van der Waals surface area (Å²) < 4.78 is 47.2. The number of hydrogen-bond donors (Lipinski definition) is 0. The Labute approximate surface area is 258 Å². The van der Waals surface area contributed by atoms with Gasteiger partial charge in [0.05, 0.1) is 37.2 Å². The van der Waals surface area contributed by atoms with E-state index in [9.17, 15) is 13.2 Å². The molecular weight excluding hydrogens is 571 g/mol. The van der Waals surface area contributed by atoms with Gasteiger partial charge < -0.3 is 14.5 Å². The number of anilines is 2. The molecule has 1 aliphatic rings. The van der Waals surface area contributed by atoms with Gasteiger partial charge in [0.2, 0.25) is 5.95 Å². The van der Waals surface area contributed by atoms with Gasteiger partial charge in [0.25, 0.3) is 0 Å². The number of benzene rings is 1. The van der Waals surface area contributed by atoms with Crippen LogP contribution < -0.4 is 14.5 Å². The minimum absolute atomic E-state index is 0.383. The van der Waals surface area contributed by atoms with Crippen LogP contribution in [0.5, 0.6) is 5.75 Å². The molecule has 0 bridgehead atoms. The summed E-state index contributed by atoms with van der Waals surface area (Å²) in [6.07, 6.45) is 5.85. The second kappa shape index (κ2) is 14.6. The highest BCUT2D eigenvalue weighted by molar-refractivity contribution is 7.98. The van der Waals surface area contributed by atoms with Gasteiger partial charge in [-0.15, -0.1) is 0 Å². The van der Waals surface area contributed by atoms with Gasteiger partial charge >= 0.3 is 6.18 Å². The van der Waals surface area contributed by atoms with Crippen molar-refractivity contribution in [3.05, 3.63) is 70.2 Å². The molecule has 1 unspecified atom stereocenters. The first kappa shape index (κ1) is 32.9. The number of hydrogen-bond acceptors (Lipinski definition) is 7. The standard InChI is InChI=1S/C33H44F3N5OS/c1-7-40(20-26-10-8-9-11-26)31-28(16-23(3)24(4)39-31)21-41(32-37-18-30(19-38-32)42-12-13-43-6)25(5)27-14-22(2)15-29(17-27)33(34,35)36/h14-19,25-26H,7-13,20-21H2,1-6H3. The highest BCUT2D eigenvalue weighted by Crippen LogP contribution is 2.36. The fourth-order valence-electron chi connectivity index (χ4n) is 5.75. The highest BCUT2D eigenvalue weighted by atomic mass is 32.2. The third-order valence-electron chi connectivity index (χ3n) is 8.30. The average Bonchev–Trinajstić information content (AvgIpc) is 3.49. The molecular formula is C33H44F3N5OS. The van der Waals surface area contributed by atoms with E-state index < -0.39 is 17.8 Å². The smallest absolute Gasteiger partial charge is 0.416 e. The number of pyridine rings is 1. The Kier molecular flexibility index (Phi) is 11.2. The predicted molar refractivity (Wildman–Crippen MR) is 170 cm³/mol. The van der Waals surface area contributed by atoms with Gasteiger partial charge in [-0.25, -0.2) is 15.0 Å². The summed E-state index contributed by atoms with van der Waals surface area (Å²) in [6.45, 7) is 12.5. The highest BCUT2D eigenvalue weighted by Gasteiger charge is 2.32. The SMILES string of the molecule is CCN(CC1CCCC1)c1nc(C)c(C)cc1CN(c1ncc(OCCSC)cn1)C(C)c1cc(C)cc(C(F)(F)F)c1. The molecule has 234 valence electrons. The number of nitrogens with zero attached hydrogens (tertiary/aromatic N) is 5. The molecule has 43 heavy (non-hydrogen) atoms. The van der Waals surface area contributed by atoms with E-state index in [0.29, 0.717) is 41.9 Å². The first-order valence-corrected chi connectivity index (χ1v) is 16.5. The first-order valence-electron chi connectivity index (χ1n) is 15.1. The molecule has 1 fully saturated rings. The molecule has 0 amide bonds. The lowest BCUT2D eigenvalue weighted by Crippen LogP contribution is -2.33. The lowest BCUT2D eigenvalue weighted by molar-refractivity contribution is -0.137. The van der Waals surface area contributed by atoms with E-state index in [1.807, 2.05) is 38.0 Å². The Morgan fingerprint density at radius 1 is 1.05 bits per heavy atom. The summed E-state index contributed by atoms with van der Waals surface area (Å²) in [7, 11) is 0. The molecule has 1 aliphatic carbocycles. The molecule has 0 N–H and O–H groups in total. The number of rotatable bonds is 13. The van der Waals surface area contributed by atoms with Crippen LogP contribution in [0.15, 0.2) is 36.7 Å². The molecule has 6 nitrogen and oxygen atoms in total. The average molecular weight is 616 g/mol. The van der Waals surface area contributed by atoms with E-state index >= 15 is 0 Å². The zero-order valence-corrected chi connectivity index (χ0v) is 27.0. The Morgan fingerprint density at radius 2 is 1.74 bits per heavy atom. The van der Waals surface area contributed by atoms with Crippen LogP contribution in [0.3, 0.4) is 0 Å². The molecule has 1 aromatic carbocycles. The molecule has 10 heteroatoms. The van der Waals surface area contributed by atoms with Crippen molar-refractivity contribution in [2.75, 3.05) is 41.5 Å². The minimum Gasteiger partial charge on any atom is -0.489 e. The number of halogens is 3. The van der Waals surface area contributed by atoms with Gasteiger partial charge in [0.1, 0.15) is 5.82 Å². The van der Waals surface area contributed by atoms with Crippen LogP contribution in [-0.4, -0.2) is 46.7 Å². The van der Waals surface area contributed by atoms with E-state index in [4.69, 9.17) is 9.72 Å². The van der Waals surface area contributed by atoms with Crippen molar-refractivity contribution in [3.63, 3.8) is 0 Å². The zero-order valence-electron chi connectivity index (χ0n) is 26.2. The molecule has 0 saturated heterocycles. The van der Waals surface area contributed by atoms with Crippen molar-refractivity contribution < 1.29 is 17.9 Å². The predicted octanol–water partition coefficient (Wildman–Crippen LogP) is 8.34. The number of aryl methyl sites for hydroxylation is 3. The van der Waals surface area contributed by atoms with Crippen molar-refractivity contribution in [1.82, 2.24) is 15.0 Å². The van der Waals surface area contributed by atoms with Gasteiger partial charge in [-0.05, 0) is 89.0 Å². The number of alkyl halides is 3. The van der Waals surface area contributed by atoms with Gasteiger partial charge in [-0.2, -0.15) is 24.9 Å². The summed E-state index contributed by atoms with van der Waals surface area (Å²) >= 11 is 1.69. The molecule has 0 aliphatic heterocycles. The van der Waals surface area contributed by atoms with Gasteiger partial charge in [-0.3, -0.25) is 0 Å². The molecule has 1 saturated carbocycles. The summed E-state index contributed by atoms with van der Waals surface area (Å²) in [4.78, 5) is 18.7. The maximum absolute atomic E-state index is 13.8. The lowest BCUT2D eigenvalue weighted by Gasteiger charge is -2.33. The second-order valence-electron chi connectivity index (χ2n) is 11.6. The van der Waals surface area contributed by atoms with Crippen LogP contribution in [0.1, 0.15) is 79.1 Å². The third-order valence-corrected chi connectivity index (χ3v) is 8.88. The zero-order chi connectivity index (χ0) is 31.1. The molecule has 1 atom stereocenters. The van der Waals surface area contributed by atoms with Crippen LogP contribution in [0, 0.1) is 26.7 Å². The quantitative estimate of drug-likeness (QED) is 0.179. The molecule has 4 rings (SSSR count). The summed E-state index contributed by atoms with van der Waals surface area (Å²) in [5.74, 6) is 3.38. The first-order chi connectivity index (χ1) is 20.5. The van der Waals surface area contributed by atoms with E-state index in [2.05, 4.69) is 27.9 Å². The van der Waals surface area contributed by atoms with Crippen molar-refractivity contribution in [2.24, 2.45) is 5.92 Å². The van der Waals surface area contributed by atoms with Gasteiger partial charge in [0.15, 0.2) is 5.75 Å². The maximum Gasteiger partial charge on any atom is 0.416 e. The lowest BCUT2D eigenvalue weighted by atomic mass is 9.99. The fourth-order valence-corrected chi connectivity index (χ4v) is 6.00. The second-order valence-corrected chi connectivity index (χ2v) is 12.5.